The van der Waals surface area contributed by atoms with Crippen molar-refractivity contribution in [3.05, 3.63) is 56.2 Å². The van der Waals surface area contributed by atoms with E-state index >= 15 is 0 Å². The van der Waals surface area contributed by atoms with E-state index in [1.807, 2.05) is 30.3 Å². The Kier molecular flexibility index (Phi) is 4.32. The molecule has 1 aromatic carbocycles. The van der Waals surface area contributed by atoms with Gasteiger partial charge in [0.05, 0.1) is 15.4 Å². The molecule has 0 fully saturated rings. The summed E-state index contributed by atoms with van der Waals surface area (Å²) in [6, 6.07) is 14.0. The molecule has 0 unspecified atom stereocenters. The van der Waals surface area contributed by atoms with Gasteiger partial charge < -0.3 is 5.32 Å². The van der Waals surface area contributed by atoms with Crippen molar-refractivity contribution < 1.29 is 0 Å². The summed E-state index contributed by atoms with van der Waals surface area (Å²) in [6.07, 6.45) is 0. The molecule has 86 valence electrons. The highest BCUT2D eigenvalue weighted by molar-refractivity contribution is 9.11. The van der Waals surface area contributed by atoms with Crippen molar-refractivity contribution in [2.24, 2.45) is 0 Å². The summed E-state index contributed by atoms with van der Waals surface area (Å²) in [4.78, 5) is 1.28. The van der Waals surface area contributed by atoms with Gasteiger partial charge in [-0.1, -0.05) is 18.2 Å². The monoisotopic (exact) mass is 306 g/mol. The lowest BCUT2D eigenvalue weighted by Gasteiger charge is -2.04. The van der Waals surface area contributed by atoms with Crippen molar-refractivity contribution in [3.8, 4) is 6.07 Å². The standard InChI is InChI=1S/C13H11BrN2S/c14-13-6-5-12(17-13)9-16-8-11-4-2-1-3-10(11)7-15/h1-6,16H,8-9H2. The number of hydrogen-bond donors (Lipinski definition) is 1. The van der Waals surface area contributed by atoms with Gasteiger partial charge in [0.15, 0.2) is 0 Å². The third kappa shape index (κ3) is 3.40. The van der Waals surface area contributed by atoms with Crippen LogP contribution in [0, 0.1) is 11.3 Å². The van der Waals surface area contributed by atoms with E-state index < -0.39 is 0 Å². The topological polar surface area (TPSA) is 35.8 Å². The highest BCUT2D eigenvalue weighted by atomic mass is 79.9. The number of benzene rings is 1. The Labute approximate surface area is 113 Å². The molecule has 0 saturated heterocycles. The third-order valence-electron chi connectivity index (χ3n) is 2.38. The van der Waals surface area contributed by atoms with Gasteiger partial charge >= 0.3 is 0 Å². The van der Waals surface area contributed by atoms with E-state index in [2.05, 4.69) is 33.4 Å². The predicted molar refractivity (Wildman–Crippen MR) is 73.7 cm³/mol. The molecule has 17 heavy (non-hydrogen) atoms. The molecule has 0 saturated carbocycles. The number of hydrogen-bond acceptors (Lipinski definition) is 3. The molecule has 0 bridgehead atoms. The molecule has 0 amide bonds. The molecule has 2 rings (SSSR count). The SMILES string of the molecule is N#Cc1ccccc1CNCc1ccc(Br)s1. The summed E-state index contributed by atoms with van der Waals surface area (Å²) in [5, 5.41) is 12.3. The van der Waals surface area contributed by atoms with E-state index in [0.29, 0.717) is 0 Å². The molecular weight excluding hydrogens is 296 g/mol. The van der Waals surface area contributed by atoms with Gasteiger partial charge in [-0.25, -0.2) is 0 Å². The Morgan fingerprint density at radius 2 is 2.00 bits per heavy atom. The van der Waals surface area contributed by atoms with E-state index in [9.17, 15) is 0 Å². The summed E-state index contributed by atoms with van der Waals surface area (Å²) in [5.74, 6) is 0. The number of nitrogens with one attached hydrogen (secondary N) is 1. The summed E-state index contributed by atoms with van der Waals surface area (Å²) in [7, 11) is 0. The highest BCUT2D eigenvalue weighted by Gasteiger charge is 2.01. The fraction of sp³-hybridized carbons (Fsp3) is 0.154. The second-order valence-corrected chi connectivity index (χ2v) is 6.13. The van der Waals surface area contributed by atoms with Gasteiger partial charge in [-0.3, -0.25) is 0 Å². The number of thiophene rings is 1. The van der Waals surface area contributed by atoms with Crippen LogP contribution in [-0.4, -0.2) is 0 Å². The van der Waals surface area contributed by atoms with E-state index in [1.165, 1.54) is 4.88 Å². The largest absolute Gasteiger partial charge is 0.308 e. The van der Waals surface area contributed by atoms with Gasteiger partial charge in [-0.05, 0) is 39.7 Å². The minimum Gasteiger partial charge on any atom is -0.308 e. The average Bonchev–Trinajstić information content (AvgIpc) is 2.76. The van der Waals surface area contributed by atoms with Crippen LogP contribution in [0.2, 0.25) is 0 Å². The zero-order chi connectivity index (χ0) is 12.1. The van der Waals surface area contributed by atoms with Crippen LogP contribution in [0.15, 0.2) is 40.2 Å². The molecule has 1 heterocycles. The summed E-state index contributed by atoms with van der Waals surface area (Å²) >= 11 is 5.16. The second kappa shape index (κ2) is 5.97. The fourth-order valence-electron chi connectivity index (χ4n) is 1.55. The Morgan fingerprint density at radius 1 is 1.18 bits per heavy atom. The number of halogens is 1. The maximum Gasteiger partial charge on any atom is 0.0995 e. The van der Waals surface area contributed by atoms with Crippen LogP contribution in [0.4, 0.5) is 0 Å². The van der Waals surface area contributed by atoms with Crippen molar-refractivity contribution in [1.82, 2.24) is 5.32 Å². The van der Waals surface area contributed by atoms with Crippen LogP contribution in [-0.2, 0) is 13.1 Å². The highest BCUT2D eigenvalue weighted by Crippen LogP contribution is 2.21. The van der Waals surface area contributed by atoms with E-state index in [4.69, 9.17) is 5.26 Å². The van der Waals surface area contributed by atoms with Crippen LogP contribution in [0.3, 0.4) is 0 Å². The van der Waals surface area contributed by atoms with Gasteiger partial charge in [0, 0.05) is 18.0 Å². The lowest BCUT2D eigenvalue weighted by atomic mass is 10.1. The maximum atomic E-state index is 8.96. The van der Waals surface area contributed by atoms with Crippen LogP contribution in [0.25, 0.3) is 0 Å². The first kappa shape index (κ1) is 12.3. The molecule has 0 spiro atoms. The molecule has 0 aliphatic carbocycles. The number of nitrogens with zero attached hydrogens (tertiary/aromatic N) is 1. The molecule has 2 nitrogen and oxygen atoms in total. The summed E-state index contributed by atoms with van der Waals surface area (Å²) < 4.78 is 1.15. The van der Waals surface area contributed by atoms with Crippen LogP contribution < -0.4 is 5.32 Å². The van der Waals surface area contributed by atoms with Gasteiger partial charge in [0.2, 0.25) is 0 Å². The molecular formula is C13H11BrN2S. The van der Waals surface area contributed by atoms with Crippen LogP contribution in [0.5, 0.6) is 0 Å². The van der Waals surface area contributed by atoms with Crippen molar-refractivity contribution >= 4 is 27.3 Å². The lowest BCUT2D eigenvalue weighted by molar-refractivity contribution is 0.700. The predicted octanol–water partition coefficient (Wildman–Crippen LogP) is 3.67. The quantitative estimate of drug-likeness (QED) is 0.935. The maximum absolute atomic E-state index is 8.96. The summed E-state index contributed by atoms with van der Waals surface area (Å²) in [6.45, 7) is 1.55. The first-order chi connectivity index (χ1) is 8.29. The van der Waals surface area contributed by atoms with E-state index in [-0.39, 0.29) is 0 Å². The fourth-order valence-corrected chi connectivity index (χ4v) is 3.00. The molecule has 0 aliphatic rings. The second-order valence-electron chi connectivity index (χ2n) is 3.58. The third-order valence-corrected chi connectivity index (χ3v) is 4.00. The van der Waals surface area contributed by atoms with Crippen LogP contribution >= 0.6 is 27.3 Å². The normalized spacial score (nSPS) is 10.1. The molecule has 4 heteroatoms. The minimum atomic E-state index is 0.721. The molecule has 0 atom stereocenters. The average molecular weight is 307 g/mol. The van der Waals surface area contributed by atoms with Gasteiger partial charge in [0.1, 0.15) is 0 Å². The minimum absolute atomic E-state index is 0.721. The lowest BCUT2D eigenvalue weighted by Crippen LogP contribution is -2.12. The van der Waals surface area contributed by atoms with Gasteiger partial charge in [-0.15, -0.1) is 11.3 Å². The van der Waals surface area contributed by atoms with E-state index in [0.717, 1.165) is 28.0 Å². The first-order valence-electron chi connectivity index (χ1n) is 5.22. The molecule has 1 N–H and O–H groups in total. The van der Waals surface area contributed by atoms with Crippen molar-refractivity contribution in [3.63, 3.8) is 0 Å². The van der Waals surface area contributed by atoms with Crippen molar-refractivity contribution in [2.75, 3.05) is 0 Å². The molecule has 2 aromatic rings. The van der Waals surface area contributed by atoms with Gasteiger partial charge in [0.25, 0.3) is 0 Å². The smallest absolute Gasteiger partial charge is 0.0995 e. The van der Waals surface area contributed by atoms with Crippen molar-refractivity contribution in [1.29, 1.82) is 5.26 Å². The molecule has 0 aliphatic heterocycles. The van der Waals surface area contributed by atoms with Gasteiger partial charge in [-0.2, -0.15) is 5.26 Å². The number of rotatable bonds is 4. The zero-order valence-electron chi connectivity index (χ0n) is 9.11. The Morgan fingerprint density at radius 3 is 2.71 bits per heavy atom. The molecule has 0 radical (unpaired) electrons. The summed E-state index contributed by atoms with van der Waals surface area (Å²) in [5.41, 5.74) is 1.79. The first-order valence-corrected chi connectivity index (χ1v) is 6.83. The Balaban J connectivity index is 1.92. The molecule has 1 aromatic heterocycles. The van der Waals surface area contributed by atoms with Crippen molar-refractivity contribution in [2.45, 2.75) is 13.1 Å². The Bertz CT molecular complexity index is 542. The zero-order valence-corrected chi connectivity index (χ0v) is 11.5. The Hall–Kier alpha value is -1.15. The van der Waals surface area contributed by atoms with E-state index in [1.54, 1.807) is 11.3 Å². The number of nitriles is 1. The van der Waals surface area contributed by atoms with Crippen LogP contribution in [0.1, 0.15) is 16.0 Å².